The molecular weight excluding hydrogens is 295 g/mol. The number of aryl methyl sites for hydroxylation is 1. The molecule has 1 aromatic heterocycles. The Morgan fingerprint density at radius 1 is 1.39 bits per heavy atom. The lowest BCUT2D eigenvalue weighted by molar-refractivity contribution is 0.605. The summed E-state index contributed by atoms with van der Waals surface area (Å²) in [6.45, 7) is 6.04. The summed E-state index contributed by atoms with van der Waals surface area (Å²) in [5.41, 5.74) is 3.49. The van der Waals surface area contributed by atoms with Gasteiger partial charge in [-0.05, 0) is 25.3 Å². The highest BCUT2D eigenvalue weighted by Crippen LogP contribution is 2.26. The third-order valence-corrected chi connectivity index (χ3v) is 4.37. The largest absolute Gasteiger partial charge is 0.264 e. The number of nitrogens with zero attached hydrogens (tertiary/aromatic N) is 2. The summed E-state index contributed by atoms with van der Waals surface area (Å²) >= 11 is 5.62. The summed E-state index contributed by atoms with van der Waals surface area (Å²) in [6.07, 6.45) is 1.06. The molecule has 1 heterocycles. The SMILES string of the molecule is CCc1nn(CC(C)=CCl)c(CC)c1S(=O)(=O)Cl. The van der Waals surface area contributed by atoms with E-state index >= 15 is 0 Å². The topological polar surface area (TPSA) is 52.0 Å². The zero-order valence-corrected chi connectivity index (χ0v) is 12.9. The van der Waals surface area contributed by atoms with Crippen LogP contribution in [-0.4, -0.2) is 18.2 Å². The average molecular weight is 311 g/mol. The molecule has 0 amide bonds. The van der Waals surface area contributed by atoms with Gasteiger partial charge in [-0.25, -0.2) is 8.42 Å². The van der Waals surface area contributed by atoms with Gasteiger partial charge in [-0.1, -0.05) is 25.4 Å². The van der Waals surface area contributed by atoms with Crippen molar-refractivity contribution in [2.75, 3.05) is 0 Å². The van der Waals surface area contributed by atoms with Crippen molar-refractivity contribution in [3.8, 4) is 0 Å². The van der Waals surface area contributed by atoms with Crippen LogP contribution in [0.2, 0.25) is 0 Å². The second-order valence-electron chi connectivity index (χ2n) is 3.98. The first-order chi connectivity index (χ1) is 8.35. The lowest BCUT2D eigenvalue weighted by Crippen LogP contribution is -2.07. The molecule has 4 nitrogen and oxygen atoms in total. The Balaban J connectivity index is 3.43. The van der Waals surface area contributed by atoms with E-state index in [0.717, 1.165) is 5.57 Å². The fourth-order valence-electron chi connectivity index (χ4n) is 1.79. The summed E-state index contributed by atoms with van der Waals surface area (Å²) in [5.74, 6) is 0. The summed E-state index contributed by atoms with van der Waals surface area (Å²) < 4.78 is 24.9. The van der Waals surface area contributed by atoms with Crippen LogP contribution in [0.4, 0.5) is 0 Å². The maximum Gasteiger partial charge on any atom is 0.264 e. The molecule has 0 spiro atoms. The smallest absolute Gasteiger partial charge is 0.264 e. The quantitative estimate of drug-likeness (QED) is 0.785. The first kappa shape index (κ1) is 15.5. The highest BCUT2D eigenvalue weighted by atomic mass is 35.7. The van der Waals surface area contributed by atoms with Crippen molar-refractivity contribution in [1.29, 1.82) is 0 Å². The molecule has 7 heteroatoms. The first-order valence-electron chi connectivity index (χ1n) is 5.64. The summed E-state index contributed by atoms with van der Waals surface area (Å²) in [6, 6.07) is 0. The minimum absolute atomic E-state index is 0.150. The highest BCUT2D eigenvalue weighted by Gasteiger charge is 2.25. The molecule has 0 saturated carbocycles. The van der Waals surface area contributed by atoms with Crippen LogP contribution in [0.25, 0.3) is 0 Å². The van der Waals surface area contributed by atoms with Gasteiger partial charge < -0.3 is 0 Å². The molecule has 1 aromatic rings. The Bertz CT molecular complexity index is 562. The van der Waals surface area contributed by atoms with Crippen LogP contribution >= 0.6 is 22.3 Å². The predicted molar refractivity (Wildman–Crippen MR) is 73.6 cm³/mol. The zero-order chi connectivity index (χ0) is 13.9. The minimum Gasteiger partial charge on any atom is -0.264 e. The van der Waals surface area contributed by atoms with Crippen LogP contribution in [0.3, 0.4) is 0 Å². The number of hydrogen-bond donors (Lipinski definition) is 0. The molecule has 18 heavy (non-hydrogen) atoms. The van der Waals surface area contributed by atoms with Crippen molar-refractivity contribution in [2.45, 2.75) is 45.1 Å². The Hall–Kier alpha value is -0.520. The van der Waals surface area contributed by atoms with Crippen LogP contribution in [0.1, 0.15) is 32.2 Å². The second kappa shape index (κ2) is 6.08. The molecule has 0 aliphatic heterocycles. The molecule has 0 aromatic carbocycles. The fourth-order valence-corrected chi connectivity index (χ4v) is 3.39. The van der Waals surface area contributed by atoms with E-state index in [4.69, 9.17) is 22.3 Å². The lowest BCUT2D eigenvalue weighted by atomic mass is 10.2. The highest BCUT2D eigenvalue weighted by molar-refractivity contribution is 8.13. The van der Waals surface area contributed by atoms with E-state index in [9.17, 15) is 8.42 Å². The van der Waals surface area contributed by atoms with Crippen LogP contribution in [0.5, 0.6) is 0 Å². The van der Waals surface area contributed by atoms with Gasteiger partial charge in [-0.15, -0.1) is 0 Å². The first-order valence-corrected chi connectivity index (χ1v) is 8.38. The minimum atomic E-state index is -3.77. The van der Waals surface area contributed by atoms with E-state index in [1.165, 1.54) is 5.54 Å². The molecule has 0 radical (unpaired) electrons. The number of halogens is 2. The van der Waals surface area contributed by atoms with Crippen molar-refractivity contribution in [3.63, 3.8) is 0 Å². The van der Waals surface area contributed by atoms with Gasteiger partial charge in [0.05, 0.1) is 17.9 Å². The lowest BCUT2D eigenvalue weighted by Gasteiger charge is -2.06. The molecule has 0 saturated heterocycles. The molecule has 0 N–H and O–H groups in total. The van der Waals surface area contributed by atoms with Crippen molar-refractivity contribution in [2.24, 2.45) is 0 Å². The van der Waals surface area contributed by atoms with E-state index < -0.39 is 9.05 Å². The zero-order valence-electron chi connectivity index (χ0n) is 10.6. The predicted octanol–water partition coefficient (Wildman–Crippen LogP) is 3.08. The van der Waals surface area contributed by atoms with Gasteiger partial charge in [0.2, 0.25) is 0 Å². The van der Waals surface area contributed by atoms with Gasteiger partial charge in [-0.2, -0.15) is 5.10 Å². The Morgan fingerprint density at radius 3 is 2.39 bits per heavy atom. The summed E-state index contributed by atoms with van der Waals surface area (Å²) in [4.78, 5) is 0.150. The Kier molecular flexibility index (Phi) is 5.25. The molecule has 0 bridgehead atoms. The summed E-state index contributed by atoms with van der Waals surface area (Å²) in [7, 11) is 1.71. The van der Waals surface area contributed by atoms with Gasteiger partial charge in [0, 0.05) is 16.2 Å². The molecule has 0 unspecified atom stereocenters. The van der Waals surface area contributed by atoms with Crippen LogP contribution in [0, 0.1) is 0 Å². The number of hydrogen-bond acceptors (Lipinski definition) is 3. The van der Waals surface area contributed by atoms with E-state index in [1.54, 1.807) is 4.68 Å². The van der Waals surface area contributed by atoms with Gasteiger partial charge >= 0.3 is 0 Å². The summed E-state index contributed by atoms with van der Waals surface area (Å²) in [5, 5.41) is 4.31. The molecule has 0 fully saturated rings. The van der Waals surface area contributed by atoms with Gasteiger partial charge in [0.25, 0.3) is 9.05 Å². The monoisotopic (exact) mass is 310 g/mol. The molecule has 0 aliphatic carbocycles. The molecule has 1 rings (SSSR count). The van der Waals surface area contributed by atoms with Crippen LogP contribution in [-0.2, 0) is 28.4 Å². The number of allylic oxidation sites excluding steroid dienone is 1. The van der Waals surface area contributed by atoms with Gasteiger partial charge in [0.1, 0.15) is 4.90 Å². The van der Waals surface area contributed by atoms with Crippen molar-refractivity contribution >= 4 is 31.3 Å². The number of rotatable bonds is 5. The van der Waals surface area contributed by atoms with Crippen LogP contribution in [0.15, 0.2) is 16.0 Å². The van der Waals surface area contributed by atoms with E-state index in [1.807, 2.05) is 20.8 Å². The van der Waals surface area contributed by atoms with Crippen LogP contribution < -0.4 is 0 Å². The maximum absolute atomic E-state index is 11.6. The maximum atomic E-state index is 11.6. The van der Waals surface area contributed by atoms with Crippen molar-refractivity contribution in [3.05, 3.63) is 22.5 Å². The standard InChI is InChI=1S/C11H16Cl2N2O2S/c1-4-9-11(18(13,16)17)10(5-2)15(14-9)7-8(3)6-12/h6H,4-5,7H2,1-3H3. The van der Waals surface area contributed by atoms with Crippen molar-refractivity contribution < 1.29 is 8.42 Å². The van der Waals surface area contributed by atoms with E-state index in [-0.39, 0.29) is 4.90 Å². The van der Waals surface area contributed by atoms with Gasteiger partial charge in [-0.3, -0.25) is 4.68 Å². The Morgan fingerprint density at radius 2 is 2.00 bits per heavy atom. The average Bonchev–Trinajstić information content (AvgIpc) is 2.66. The molecule has 0 aliphatic rings. The second-order valence-corrected chi connectivity index (χ2v) is 6.70. The fraction of sp³-hybridized carbons (Fsp3) is 0.545. The normalized spacial score (nSPS) is 13.1. The van der Waals surface area contributed by atoms with E-state index in [0.29, 0.717) is 30.8 Å². The third-order valence-electron chi connectivity index (χ3n) is 2.58. The van der Waals surface area contributed by atoms with Gasteiger partial charge in [0.15, 0.2) is 0 Å². The van der Waals surface area contributed by atoms with Crippen molar-refractivity contribution in [1.82, 2.24) is 9.78 Å². The molecular formula is C11H16Cl2N2O2S. The Labute approximate surface area is 117 Å². The number of aromatic nitrogens is 2. The molecule has 0 atom stereocenters. The molecule has 102 valence electrons. The van der Waals surface area contributed by atoms with E-state index in [2.05, 4.69) is 5.10 Å². The third kappa shape index (κ3) is 3.28.